The van der Waals surface area contributed by atoms with E-state index in [0.29, 0.717) is 5.75 Å². The van der Waals surface area contributed by atoms with Crippen molar-refractivity contribution in [3.63, 3.8) is 0 Å². The molecule has 0 aliphatic heterocycles. The van der Waals surface area contributed by atoms with Gasteiger partial charge in [-0.1, -0.05) is 26.8 Å². The fourth-order valence-corrected chi connectivity index (χ4v) is 0.861. The molecule has 1 aromatic rings. The van der Waals surface area contributed by atoms with E-state index in [0.717, 1.165) is 0 Å². The predicted octanol–water partition coefficient (Wildman–Crippen LogP) is -2.98. The first-order chi connectivity index (χ1) is 4.79. The van der Waals surface area contributed by atoms with E-state index >= 15 is 0 Å². The summed E-state index contributed by atoms with van der Waals surface area (Å²) in [4.78, 5) is 20.0. The van der Waals surface area contributed by atoms with Crippen LogP contribution in [0, 0.1) is 0 Å². The third kappa shape index (κ3) is 4.75. The topological polar surface area (TPSA) is 55.3 Å². The molecule has 0 unspecified atom stereocenters. The van der Waals surface area contributed by atoms with Gasteiger partial charge in [-0.3, -0.25) is 0 Å². The first-order valence-electron chi connectivity index (χ1n) is 2.66. The van der Waals surface area contributed by atoms with Crippen LogP contribution in [0.25, 0.3) is 0 Å². The second-order valence-corrected chi connectivity index (χ2v) is 2.26. The molecule has 0 aromatic heterocycles. The molecule has 0 radical (unpaired) electrons. The zero-order chi connectivity index (χ0) is 7.40. The van der Waals surface area contributed by atoms with E-state index in [2.05, 4.69) is 4.52 Å². The average Bonchev–Trinajstić information content (AvgIpc) is 1.88. The molecule has 54 valence electrons. The maximum absolute atomic E-state index is 9.98. The standard InChI is InChI=1S/C6H5O3P.Na/c7-10(8)9-6-4-2-1-3-5-6;/h1-5H;/q-2;+1. The molecule has 1 aromatic carbocycles. The Morgan fingerprint density at radius 3 is 2.09 bits per heavy atom. The number of hydrogen-bond donors (Lipinski definition) is 0. The van der Waals surface area contributed by atoms with E-state index in [-0.39, 0.29) is 29.6 Å². The van der Waals surface area contributed by atoms with Gasteiger partial charge in [0.25, 0.3) is 0 Å². The van der Waals surface area contributed by atoms with Crippen LogP contribution < -0.4 is 43.9 Å². The van der Waals surface area contributed by atoms with Gasteiger partial charge in [-0.25, -0.2) is 0 Å². The van der Waals surface area contributed by atoms with Crippen LogP contribution in [0.3, 0.4) is 0 Å². The minimum Gasteiger partial charge on any atom is -0.810 e. The van der Waals surface area contributed by atoms with Crippen LogP contribution in [0.1, 0.15) is 0 Å². The zero-order valence-electron chi connectivity index (χ0n) is 6.06. The summed E-state index contributed by atoms with van der Waals surface area (Å²) in [6, 6.07) is 8.34. The molecule has 0 saturated carbocycles. The molecule has 0 amide bonds. The van der Waals surface area contributed by atoms with Crippen LogP contribution >= 0.6 is 8.60 Å². The maximum atomic E-state index is 9.98. The van der Waals surface area contributed by atoms with Crippen LogP contribution in [-0.4, -0.2) is 0 Å². The molecule has 0 aliphatic rings. The van der Waals surface area contributed by atoms with Crippen molar-refractivity contribution in [2.75, 3.05) is 0 Å². The number of para-hydroxylation sites is 1. The van der Waals surface area contributed by atoms with Crippen molar-refractivity contribution in [3.05, 3.63) is 30.3 Å². The number of rotatable bonds is 2. The molecule has 0 spiro atoms. The largest absolute Gasteiger partial charge is 1.00 e. The Bertz CT molecular complexity index is 192. The molecule has 5 heteroatoms. The second kappa shape index (κ2) is 5.95. The van der Waals surface area contributed by atoms with E-state index in [9.17, 15) is 9.79 Å². The van der Waals surface area contributed by atoms with Crippen LogP contribution in [0.15, 0.2) is 30.3 Å². The summed E-state index contributed by atoms with van der Waals surface area (Å²) in [6.45, 7) is 0. The molecule has 0 N–H and O–H groups in total. The van der Waals surface area contributed by atoms with Crippen LogP contribution in [0.2, 0.25) is 0 Å². The molecule has 11 heavy (non-hydrogen) atoms. The van der Waals surface area contributed by atoms with Gasteiger partial charge in [-0.2, -0.15) is 0 Å². The summed E-state index contributed by atoms with van der Waals surface area (Å²) in [5, 5.41) is 0. The first kappa shape index (κ1) is 11.4. The molecule has 1 rings (SSSR count). The quantitative estimate of drug-likeness (QED) is 0.359. The Kier molecular flexibility index (Phi) is 6.15. The molecule has 0 heterocycles. The van der Waals surface area contributed by atoms with Crippen molar-refractivity contribution in [1.29, 1.82) is 0 Å². The third-order valence-corrected chi connectivity index (χ3v) is 1.28. The van der Waals surface area contributed by atoms with Gasteiger partial charge in [0, 0.05) is 0 Å². The van der Waals surface area contributed by atoms with Crippen molar-refractivity contribution >= 4 is 8.60 Å². The molecular weight excluding hydrogens is 174 g/mol. The number of hydrogen-bond acceptors (Lipinski definition) is 3. The summed E-state index contributed by atoms with van der Waals surface area (Å²) in [5.41, 5.74) is 0. The molecule has 0 saturated heterocycles. The molecule has 0 atom stereocenters. The van der Waals surface area contributed by atoms with E-state index in [1.807, 2.05) is 0 Å². The normalized spacial score (nSPS) is 9.00. The Balaban J connectivity index is 0.000001000. The third-order valence-electron chi connectivity index (χ3n) is 0.923. The summed E-state index contributed by atoms with van der Waals surface area (Å²) in [7, 11) is -2.78. The molecule has 0 aliphatic carbocycles. The van der Waals surface area contributed by atoms with Gasteiger partial charge in [0.2, 0.25) is 0 Å². The van der Waals surface area contributed by atoms with Gasteiger partial charge in [0.1, 0.15) is 5.75 Å². The van der Waals surface area contributed by atoms with Crippen molar-refractivity contribution < 1.29 is 43.9 Å². The van der Waals surface area contributed by atoms with E-state index < -0.39 is 8.60 Å². The van der Waals surface area contributed by atoms with Gasteiger partial charge in [0.05, 0.1) is 0 Å². The SMILES string of the molecule is [Na+].[O-]P([O-])Oc1ccccc1. The summed E-state index contributed by atoms with van der Waals surface area (Å²) >= 11 is 0. The number of benzene rings is 1. The maximum Gasteiger partial charge on any atom is 1.00 e. The Hall–Kier alpha value is 0.370. The van der Waals surface area contributed by atoms with E-state index in [4.69, 9.17) is 0 Å². The fourth-order valence-electron chi connectivity index (χ4n) is 0.567. The minimum absolute atomic E-state index is 0. The van der Waals surface area contributed by atoms with Gasteiger partial charge >= 0.3 is 29.6 Å². The predicted molar refractivity (Wildman–Crippen MR) is 34.0 cm³/mol. The average molecular weight is 179 g/mol. The van der Waals surface area contributed by atoms with Gasteiger partial charge in [-0.05, 0) is 12.1 Å². The van der Waals surface area contributed by atoms with Crippen molar-refractivity contribution in [2.45, 2.75) is 0 Å². The van der Waals surface area contributed by atoms with E-state index in [1.165, 1.54) is 0 Å². The van der Waals surface area contributed by atoms with Gasteiger partial charge < -0.3 is 14.3 Å². The van der Waals surface area contributed by atoms with Crippen molar-refractivity contribution in [3.8, 4) is 5.75 Å². The Morgan fingerprint density at radius 1 is 1.09 bits per heavy atom. The second-order valence-electron chi connectivity index (χ2n) is 1.63. The summed E-state index contributed by atoms with van der Waals surface area (Å²) in [5.74, 6) is 0.346. The van der Waals surface area contributed by atoms with Crippen LogP contribution in [-0.2, 0) is 0 Å². The zero-order valence-corrected chi connectivity index (χ0v) is 8.95. The molecule has 0 bridgehead atoms. The van der Waals surface area contributed by atoms with Crippen LogP contribution in [0.5, 0.6) is 5.75 Å². The summed E-state index contributed by atoms with van der Waals surface area (Å²) < 4.78 is 4.37. The minimum atomic E-state index is -2.78. The van der Waals surface area contributed by atoms with E-state index in [1.54, 1.807) is 30.3 Å². The smallest absolute Gasteiger partial charge is 0.810 e. The van der Waals surface area contributed by atoms with Crippen molar-refractivity contribution in [1.82, 2.24) is 0 Å². The van der Waals surface area contributed by atoms with Gasteiger partial charge in [0.15, 0.2) is 0 Å². The fraction of sp³-hybridized carbons (Fsp3) is 0. The molecule has 3 nitrogen and oxygen atoms in total. The molecular formula is C6H5NaO3P-. The van der Waals surface area contributed by atoms with Crippen molar-refractivity contribution in [2.24, 2.45) is 0 Å². The monoisotopic (exact) mass is 179 g/mol. The Morgan fingerprint density at radius 2 is 1.64 bits per heavy atom. The van der Waals surface area contributed by atoms with Crippen LogP contribution in [0.4, 0.5) is 0 Å². The molecule has 0 fully saturated rings. The van der Waals surface area contributed by atoms with Gasteiger partial charge in [-0.15, -0.1) is 0 Å². The Labute approximate surface area is 88.3 Å². The first-order valence-corrected chi connectivity index (χ1v) is 3.76. The summed E-state index contributed by atoms with van der Waals surface area (Å²) in [6.07, 6.45) is 0.